The molecule has 0 bridgehead atoms. The van der Waals surface area contributed by atoms with Crippen molar-refractivity contribution in [1.82, 2.24) is 10.2 Å². The van der Waals surface area contributed by atoms with Crippen molar-refractivity contribution in [3.63, 3.8) is 0 Å². The first kappa shape index (κ1) is 18.7. The summed E-state index contributed by atoms with van der Waals surface area (Å²) in [5.41, 5.74) is 1.88. The van der Waals surface area contributed by atoms with Crippen molar-refractivity contribution < 1.29 is 14.0 Å². The average molecular weight is 375 g/mol. The molecule has 2 aromatic rings. The maximum Gasteiger partial charge on any atom is 0.261 e. The van der Waals surface area contributed by atoms with Gasteiger partial charge >= 0.3 is 0 Å². The molecular weight excluding hydrogens is 348 g/mol. The lowest BCUT2D eigenvalue weighted by Crippen LogP contribution is -2.46. The van der Waals surface area contributed by atoms with Gasteiger partial charge in [0.05, 0.1) is 16.7 Å². The Hall–Kier alpha value is -2.08. The Balaban J connectivity index is 1.54. The van der Waals surface area contributed by atoms with Crippen molar-refractivity contribution in [2.45, 2.75) is 52.0 Å². The molecule has 0 atom stereocenters. The van der Waals surface area contributed by atoms with E-state index in [9.17, 15) is 9.59 Å². The van der Waals surface area contributed by atoms with E-state index in [0.717, 1.165) is 37.0 Å². The summed E-state index contributed by atoms with van der Waals surface area (Å²) >= 11 is 1.62. The number of hydrogen-bond acceptors (Lipinski definition) is 4. The van der Waals surface area contributed by atoms with Gasteiger partial charge in [-0.25, -0.2) is 0 Å². The van der Waals surface area contributed by atoms with Crippen LogP contribution in [0.3, 0.4) is 0 Å². The van der Waals surface area contributed by atoms with Crippen molar-refractivity contribution in [1.29, 1.82) is 0 Å². The highest BCUT2D eigenvalue weighted by Crippen LogP contribution is 2.25. The van der Waals surface area contributed by atoms with Crippen molar-refractivity contribution in [3.8, 4) is 0 Å². The van der Waals surface area contributed by atoms with Gasteiger partial charge in [-0.15, -0.1) is 11.3 Å². The van der Waals surface area contributed by atoms with Gasteiger partial charge in [-0.1, -0.05) is 20.3 Å². The molecule has 1 N–H and O–H groups in total. The minimum Gasteiger partial charge on any atom is -0.472 e. The van der Waals surface area contributed by atoms with Crippen LogP contribution in [-0.2, 0) is 12.8 Å². The molecule has 0 spiro atoms. The first-order chi connectivity index (χ1) is 12.6. The standard InChI is InChI=1S/C20H26N2O3S/c1-3-5-17-14(4-2)12-18(26-17)19(23)21-16-6-9-22(10-7-16)20(24)15-8-11-25-13-15/h8,11-13,16H,3-7,9-10H2,1-2H3,(H,21,23). The van der Waals surface area contributed by atoms with Crippen LogP contribution in [0.1, 0.15) is 63.6 Å². The Morgan fingerprint density at radius 3 is 2.69 bits per heavy atom. The van der Waals surface area contributed by atoms with Crippen LogP contribution < -0.4 is 5.32 Å². The molecule has 2 aromatic heterocycles. The molecule has 1 aliphatic heterocycles. The number of carbonyl (C=O) groups excluding carboxylic acids is 2. The third-order valence-corrected chi connectivity index (χ3v) is 6.10. The molecule has 0 aromatic carbocycles. The maximum atomic E-state index is 12.6. The molecule has 0 unspecified atom stereocenters. The van der Waals surface area contributed by atoms with Gasteiger partial charge < -0.3 is 14.6 Å². The summed E-state index contributed by atoms with van der Waals surface area (Å²) in [5, 5.41) is 3.15. The Morgan fingerprint density at radius 2 is 2.08 bits per heavy atom. The van der Waals surface area contributed by atoms with E-state index in [1.807, 2.05) is 11.0 Å². The van der Waals surface area contributed by atoms with E-state index in [-0.39, 0.29) is 17.9 Å². The lowest BCUT2D eigenvalue weighted by Gasteiger charge is -2.32. The summed E-state index contributed by atoms with van der Waals surface area (Å²) < 4.78 is 4.98. The van der Waals surface area contributed by atoms with Gasteiger partial charge in [0.2, 0.25) is 0 Å². The van der Waals surface area contributed by atoms with Gasteiger partial charge in [0.15, 0.2) is 0 Å². The quantitative estimate of drug-likeness (QED) is 0.834. The predicted molar refractivity (Wildman–Crippen MR) is 103 cm³/mol. The normalized spacial score (nSPS) is 15.2. The molecule has 6 heteroatoms. The average Bonchev–Trinajstić information content (AvgIpc) is 3.32. The van der Waals surface area contributed by atoms with Gasteiger partial charge in [0, 0.05) is 24.0 Å². The molecule has 2 amide bonds. The van der Waals surface area contributed by atoms with E-state index in [2.05, 4.69) is 19.2 Å². The number of nitrogens with zero attached hydrogens (tertiary/aromatic N) is 1. The van der Waals surface area contributed by atoms with E-state index in [4.69, 9.17) is 4.42 Å². The van der Waals surface area contributed by atoms with Crippen LogP contribution in [0, 0.1) is 0 Å². The van der Waals surface area contributed by atoms with E-state index in [1.54, 1.807) is 17.4 Å². The topological polar surface area (TPSA) is 62.6 Å². The molecule has 5 nitrogen and oxygen atoms in total. The SMILES string of the molecule is CCCc1sc(C(=O)NC2CCN(C(=O)c3ccoc3)CC2)cc1CC. The summed E-state index contributed by atoms with van der Waals surface area (Å²) in [4.78, 5) is 28.9. The number of rotatable bonds is 6. The number of furan rings is 1. The first-order valence-electron chi connectivity index (χ1n) is 9.36. The summed E-state index contributed by atoms with van der Waals surface area (Å²) in [6.45, 7) is 5.61. The first-order valence-corrected chi connectivity index (χ1v) is 10.2. The van der Waals surface area contributed by atoms with Gasteiger partial charge in [0.25, 0.3) is 11.8 Å². The number of carbonyl (C=O) groups is 2. The van der Waals surface area contributed by atoms with E-state index in [0.29, 0.717) is 18.7 Å². The largest absolute Gasteiger partial charge is 0.472 e. The van der Waals surface area contributed by atoms with E-state index < -0.39 is 0 Å². The Labute approximate surface area is 158 Å². The monoisotopic (exact) mass is 374 g/mol. The van der Waals surface area contributed by atoms with Crippen LogP contribution >= 0.6 is 11.3 Å². The molecule has 140 valence electrons. The molecule has 1 aliphatic rings. The number of piperidine rings is 1. The second kappa shape index (κ2) is 8.54. The number of amides is 2. The predicted octanol–water partition coefficient (Wildman–Crippen LogP) is 3.89. The van der Waals surface area contributed by atoms with Crippen molar-refractivity contribution in [2.75, 3.05) is 13.1 Å². The number of nitrogens with one attached hydrogen (secondary N) is 1. The van der Waals surface area contributed by atoms with Crippen LogP contribution in [-0.4, -0.2) is 35.8 Å². The van der Waals surface area contributed by atoms with E-state index >= 15 is 0 Å². The molecule has 0 aliphatic carbocycles. The fourth-order valence-electron chi connectivity index (χ4n) is 3.37. The molecule has 0 saturated carbocycles. The molecular formula is C20H26N2O3S. The molecule has 1 fully saturated rings. The number of aryl methyl sites for hydroxylation is 2. The second-order valence-corrected chi connectivity index (χ2v) is 7.85. The maximum absolute atomic E-state index is 12.6. The summed E-state index contributed by atoms with van der Waals surface area (Å²) in [5.74, 6) is 0.0187. The highest BCUT2D eigenvalue weighted by atomic mass is 32.1. The third-order valence-electron chi connectivity index (χ3n) is 4.86. The fourth-order valence-corrected chi connectivity index (χ4v) is 4.63. The molecule has 1 saturated heterocycles. The molecule has 3 heterocycles. The second-order valence-electron chi connectivity index (χ2n) is 6.71. The lowest BCUT2D eigenvalue weighted by molar-refractivity contribution is 0.0697. The van der Waals surface area contributed by atoms with Crippen LogP contribution in [0.2, 0.25) is 0 Å². The number of thiophene rings is 1. The number of likely N-dealkylation sites (tertiary alicyclic amines) is 1. The summed E-state index contributed by atoms with van der Waals surface area (Å²) in [7, 11) is 0. The van der Waals surface area contributed by atoms with Gasteiger partial charge in [0.1, 0.15) is 6.26 Å². The number of hydrogen-bond donors (Lipinski definition) is 1. The highest BCUT2D eigenvalue weighted by molar-refractivity contribution is 7.14. The van der Waals surface area contributed by atoms with Crippen molar-refractivity contribution in [2.24, 2.45) is 0 Å². The Kier molecular flexibility index (Phi) is 6.14. The summed E-state index contributed by atoms with van der Waals surface area (Å²) in [6.07, 6.45) is 7.65. The zero-order valence-corrected chi connectivity index (χ0v) is 16.2. The van der Waals surface area contributed by atoms with Crippen LogP contribution in [0.15, 0.2) is 29.1 Å². The molecule has 3 rings (SSSR count). The van der Waals surface area contributed by atoms with Crippen molar-refractivity contribution in [3.05, 3.63) is 45.5 Å². The van der Waals surface area contributed by atoms with Gasteiger partial charge in [-0.2, -0.15) is 0 Å². The zero-order valence-electron chi connectivity index (χ0n) is 15.4. The van der Waals surface area contributed by atoms with Crippen LogP contribution in [0.5, 0.6) is 0 Å². The van der Waals surface area contributed by atoms with Crippen LogP contribution in [0.25, 0.3) is 0 Å². The fraction of sp³-hybridized carbons (Fsp3) is 0.500. The third kappa shape index (κ3) is 4.18. The highest BCUT2D eigenvalue weighted by Gasteiger charge is 2.26. The van der Waals surface area contributed by atoms with Gasteiger partial charge in [-0.3, -0.25) is 9.59 Å². The van der Waals surface area contributed by atoms with Gasteiger partial charge in [-0.05, 0) is 43.4 Å². The summed E-state index contributed by atoms with van der Waals surface area (Å²) in [6, 6.07) is 3.85. The smallest absolute Gasteiger partial charge is 0.261 e. The van der Waals surface area contributed by atoms with Crippen molar-refractivity contribution >= 4 is 23.2 Å². The minimum atomic E-state index is -0.00132. The lowest BCUT2D eigenvalue weighted by atomic mass is 10.0. The van der Waals surface area contributed by atoms with Crippen LogP contribution in [0.4, 0.5) is 0 Å². The molecule has 0 radical (unpaired) electrons. The Morgan fingerprint density at radius 1 is 1.31 bits per heavy atom. The van der Waals surface area contributed by atoms with E-state index in [1.165, 1.54) is 23.0 Å². The zero-order chi connectivity index (χ0) is 18.5. The Bertz CT molecular complexity index is 743. The molecule has 26 heavy (non-hydrogen) atoms. The minimum absolute atomic E-state index is 0.00132.